The Kier molecular flexibility index (Phi) is 9.53. The minimum Gasteiger partial charge on any atom is -0.494 e. The zero-order valence-electron chi connectivity index (χ0n) is 23.2. The summed E-state index contributed by atoms with van der Waals surface area (Å²) in [5.41, 5.74) is 6.75. The van der Waals surface area contributed by atoms with Crippen molar-refractivity contribution in [3.05, 3.63) is 96.8 Å². The van der Waals surface area contributed by atoms with Gasteiger partial charge in [-0.1, -0.05) is 41.4 Å². The van der Waals surface area contributed by atoms with E-state index in [0.717, 1.165) is 0 Å². The topological polar surface area (TPSA) is 163 Å². The first kappa shape index (κ1) is 31.7. The Morgan fingerprint density at radius 1 is 1.12 bits per heavy atom. The number of nitrogens with two attached hydrogens (primary N) is 1. The molecule has 226 valence electrons. The Morgan fingerprint density at radius 3 is 2.47 bits per heavy atom. The third-order valence-corrected chi connectivity index (χ3v) is 7.90. The molecule has 4 rings (SSSR count). The number of hydrogen-bond acceptors (Lipinski definition) is 9. The molecular formula is C29H27Cl2FN4O7. The predicted molar refractivity (Wildman–Crippen MR) is 158 cm³/mol. The summed E-state index contributed by atoms with van der Waals surface area (Å²) in [6.45, 7) is 1.73. The van der Waals surface area contributed by atoms with Gasteiger partial charge in [0.05, 0.1) is 36.9 Å². The van der Waals surface area contributed by atoms with Crippen LogP contribution in [0.4, 0.5) is 15.8 Å². The molecule has 14 heteroatoms. The van der Waals surface area contributed by atoms with Crippen molar-refractivity contribution in [1.82, 2.24) is 5.32 Å². The molecule has 0 bridgehead atoms. The Morgan fingerprint density at radius 2 is 1.81 bits per heavy atom. The van der Waals surface area contributed by atoms with E-state index in [9.17, 15) is 24.5 Å². The number of benzene rings is 3. The fraction of sp³-hybridized carbons (Fsp3) is 0.276. The van der Waals surface area contributed by atoms with Crippen molar-refractivity contribution >= 4 is 52.2 Å². The van der Waals surface area contributed by atoms with E-state index in [4.69, 9.17) is 38.4 Å². The van der Waals surface area contributed by atoms with Crippen molar-refractivity contribution in [3.63, 3.8) is 0 Å². The van der Waals surface area contributed by atoms with Gasteiger partial charge >= 0.3 is 5.97 Å². The summed E-state index contributed by atoms with van der Waals surface area (Å²) in [7, 11) is 2.42. The van der Waals surface area contributed by atoms with Crippen LogP contribution in [-0.2, 0) is 9.53 Å². The number of methoxy groups -OCH3 is 2. The van der Waals surface area contributed by atoms with Crippen LogP contribution < -0.4 is 21.1 Å². The lowest BCUT2D eigenvalue weighted by molar-refractivity contribution is -0.526. The van der Waals surface area contributed by atoms with Crippen LogP contribution in [0.1, 0.15) is 44.2 Å². The van der Waals surface area contributed by atoms with Crippen molar-refractivity contribution < 1.29 is 33.2 Å². The number of halogens is 3. The highest BCUT2D eigenvalue weighted by Gasteiger charge is 2.55. The van der Waals surface area contributed by atoms with Crippen LogP contribution >= 0.6 is 23.2 Å². The van der Waals surface area contributed by atoms with Crippen LogP contribution in [0, 0.1) is 22.9 Å². The number of aryl methyl sites for hydroxylation is 1. The molecule has 1 fully saturated rings. The molecule has 0 radical (unpaired) electrons. The van der Waals surface area contributed by atoms with E-state index in [2.05, 4.69) is 10.6 Å². The van der Waals surface area contributed by atoms with E-state index in [1.807, 2.05) is 0 Å². The third kappa shape index (κ3) is 6.26. The molecule has 1 heterocycles. The molecule has 1 aliphatic rings. The molecule has 4 atom stereocenters. The largest absolute Gasteiger partial charge is 0.494 e. The van der Waals surface area contributed by atoms with Gasteiger partial charge in [0, 0.05) is 33.2 Å². The number of nitrogens with one attached hydrogen (secondary N) is 2. The molecule has 0 aromatic heterocycles. The molecule has 1 amide bonds. The van der Waals surface area contributed by atoms with Gasteiger partial charge < -0.3 is 20.5 Å². The van der Waals surface area contributed by atoms with Crippen LogP contribution in [-0.4, -0.2) is 54.9 Å². The first-order valence-electron chi connectivity index (χ1n) is 12.9. The van der Waals surface area contributed by atoms with Gasteiger partial charge in [0.1, 0.15) is 17.4 Å². The van der Waals surface area contributed by atoms with Crippen LogP contribution in [0.15, 0.2) is 48.5 Å². The lowest BCUT2D eigenvalue weighted by Crippen LogP contribution is -2.42. The van der Waals surface area contributed by atoms with Gasteiger partial charge in [0.25, 0.3) is 0 Å². The zero-order valence-corrected chi connectivity index (χ0v) is 24.7. The van der Waals surface area contributed by atoms with Gasteiger partial charge in [-0.25, -0.2) is 9.18 Å². The number of nitrogen functional groups attached to an aromatic ring is 1. The maximum atomic E-state index is 15.3. The molecule has 0 unspecified atom stereocenters. The number of hydrogen-bond donors (Lipinski definition) is 3. The molecule has 0 saturated carbocycles. The van der Waals surface area contributed by atoms with E-state index in [1.54, 1.807) is 19.1 Å². The highest BCUT2D eigenvalue weighted by atomic mass is 35.5. The summed E-state index contributed by atoms with van der Waals surface area (Å²) in [6.07, 6.45) is -0.505. The van der Waals surface area contributed by atoms with Gasteiger partial charge in [-0.2, -0.15) is 0 Å². The van der Waals surface area contributed by atoms with Gasteiger partial charge in [-0.15, -0.1) is 0 Å². The number of ether oxygens (including phenoxy) is 2. The van der Waals surface area contributed by atoms with Gasteiger partial charge in [-0.3, -0.25) is 25.0 Å². The lowest BCUT2D eigenvalue weighted by atomic mass is 9.84. The normalized spacial score (nSPS) is 19.5. The molecule has 3 aromatic rings. The van der Waals surface area contributed by atoms with Crippen molar-refractivity contribution in [2.24, 2.45) is 0 Å². The number of Topliss-reactive ketones (excluding diaryl/α,β-unsaturated/α-hetero) is 1. The standard InChI is InChI=1S/C29H27Cl2FN4O7/c1-13-7-8-14(30)11-19(13)35-28(38)25-22(16-5-4-6-18(31)23(16)32)26(36(40)41)20(34-25)12-21(37)15-9-10-17(29(39)43-3)27(42-2)24(15)33/h4-11,20,22,25-26,34H,12,33H2,1-3H3,(H,35,38)/t20-,22+,25+,26+/m0/s1. The maximum absolute atomic E-state index is 15.3. The number of nitrogens with zero attached hydrogens (tertiary/aromatic N) is 1. The van der Waals surface area contributed by atoms with Crippen LogP contribution in [0.5, 0.6) is 5.75 Å². The molecule has 4 N–H and O–H groups in total. The van der Waals surface area contributed by atoms with E-state index in [1.165, 1.54) is 50.6 Å². The minimum absolute atomic E-state index is 0.0225. The van der Waals surface area contributed by atoms with Gasteiger partial charge in [-0.05, 0) is 42.8 Å². The quantitative estimate of drug-likeness (QED) is 0.0988. The summed E-state index contributed by atoms with van der Waals surface area (Å²) in [5.74, 6) is -4.48. The highest BCUT2D eigenvalue weighted by Crippen LogP contribution is 2.39. The number of amides is 1. The number of carbonyl (C=O) groups is 3. The molecule has 0 aliphatic carbocycles. The number of carbonyl (C=O) groups excluding carboxylic acids is 3. The lowest BCUT2D eigenvalue weighted by Gasteiger charge is -2.21. The average Bonchev–Trinajstić information content (AvgIpc) is 3.34. The second kappa shape index (κ2) is 12.9. The Balaban J connectivity index is 1.74. The number of esters is 1. The van der Waals surface area contributed by atoms with E-state index in [-0.39, 0.29) is 33.1 Å². The summed E-state index contributed by atoms with van der Waals surface area (Å²) in [6, 6.07) is 7.18. The first-order chi connectivity index (χ1) is 20.4. The van der Waals surface area contributed by atoms with Crippen molar-refractivity contribution in [3.8, 4) is 5.75 Å². The van der Waals surface area contributed by atoms with Crippen molar-refractivity contribution in [1.29, 1.82) is 0 Å². The fourth-order valence-electron chi connectivity index (χ4n) is 5.30. The average molecular weight is 633 g/mol. The molecular weight excluding hydrogens is 606 g/mol. The summed E-state index contributed by atoms with van der Waals surface area (Å²) < 4.78 is 25.3. The molecule has 1 saturated heterocycles. The Bertz CT molecular complexity index is 1620. The number of nitro groups is 1. The van der Waals surface area contributed by atoms with E-state index >= 15 is 4.39 Å². The number of rotatable bonds is 9. The minimum atomic E-state index is -1.63. The Hall–Kier alpha value is -4.26. The van der Waals surface area contributed by atoms with Gasteiger partial charge in [0.2, 0.25) is 11.9 Å². The maximum Gasteiger partial charge on any atom is 0.341 e. The van der Waals surface area contributed by atoms with E-state index in [0.29, 0.717) is 16.3 Å². The molecule has 11 nitrogen and oxygen atoms in total. The molecule has 3 aromatic carbocycles. The number of ketones is 1. The first-order valence-corrected chi connectivity index (χ1v) is 13.6. The smallest absolute Gasteiger partial charge is 0.341 e. The van der Waals surface area contributed by atoms with Crippen LogP contribution in [0.2, 0.25) is 10.0 Å². The molecule has 0 spiro atoms. The second-order valence-corrected chi connectivity index (χ2v) is 10.7. The van der Waals surface area contributed by atoms with Gasteiger partial charge in [0.15, 0.2) is 11.5 Å². The monoisotopic (exact) mass is 632 g/mol. The van der Waals surface area contributed by atoms with Crippen molar-refractivity contribution in [2.45, 2.75) is 37.4 Å². The third-order valence-electron chi connectivity index (χ3n) is 7.37. The predicted octanol–water partition coefficient (Wildman–Crippen LogP) is 4.80. The second-order valence-electron chi connectivity index (χ2n) is 9.87. The SMILES string of the molecule is COC(=O)c1ccc(C(=O)C[C@@H]2N[C@@H](C(=O)Nc3cc(Cl)ccc3C)[C@@H](c3cccc(Cl)c3F)[C@@H]2[N+](=O)[O-])c(N)c1OC. The summed E-state index contributed by atoms with van der Waals surface area (Å²) >= 11 is 12.1. The Labute approximate surface area is 255 Å². The summed E-state index contributed by atoms with van der Waals surface area (Å²) in [4.78, 5) is 51.1. The highest BCUT2D eigenvalue weighted by molar-refractivity contribution is 6.31. The van der Waals surface area contributed by atoms with E-state index < -0.39 is 58.9 Å². The fourth-order valence-corrected chi connectivity index (χ4v) is 5.65. The van der Waals surface area contributed by atoms with Crippen molar-refractivity contribution in [2.75, 3.05) is 25.3 Å². The van der Waals surface area contributed by atoms with Crippen LogP contribution in [0.25, 0.3) is 0 Å². The number of anilines is 2. The molecule has 43 heavy (non-hydrogen) atoms. The molecule has 1 aliphatic heterocycles. The zero-order chi connectivity index (χ0) is 31.6. The van der Waals surface area contributed by atoms with Crippen LogP contribution in [0.3, 0.4) is 0 Å². The summed E-state index contributed by atoms with van der Waals surface area (Å²) in [5, 5.41) is 18.2.